The summed E-state index contributed by atoms with van der Waals surface area (Å²) in [6.07, 6.45) is 4.14. The van der Waals surface area contributed by atoms with Crippen LogP contribution in [-0.2, 0) is 11.2 Å². The van der Waals surface area contributed by atoms with E-state index in [1.165, 1.54) is 13.0 Å². The molecule has 1 aromatic heterocycles. The van der Waals surface area contributed by atoms with Gasteiger partial charge in [0.25, 0.3) is 0 Å². The summed E-state index contributed by atoms with van der Waals surface area (Å²) in [5.41, 5.74) is 2.58. The Morgan fingerprint density at radius 2 is 1.86 bits per heavy atom. The maximum Gasteiger partial charge on any atom is 0.344 e. The molecule has 1 N–H and O–H groups in total. The third kappa shape index (κ3) is 5.05. The van der Waals surface area contributed by atoms with Crippen LogP contribution in [0.1, 0.15) is 45.1 Å². The first-order chi connectivity index (χ1) is 14.0. The van der Waals surface area contributed by atoms with E-state index in [9.17, 15) is 14.7 Å². The molecule has 0 radical (unpaired) electrons. The zero-order chi connectivity index (χ0) is 20.8. The van der Waals surface area contributed by atoms with Crippen molar-refractivity contribution in [2.45, 2.75) is 52.1 Å². The second kappa shape index (κ2) is 9.41. The number of rotatable bonds is 9. The van der Waals surface area contributed by atoms with Crippen LogP contribution in [0.15, 0.2) is 57.7 Å². The summed E-state index contributed by atoms with van der Waals surface area (Å²) in [6.45, 7) is 3.65. The molecule has 0 bridgehead atoms. The van der Waals surface area contributed by atoms with Crippen LogP contribution in [0, 0.1) is 0 Å². The summed E-state index contributed by atoms with van der Waals surface area (Å²) in [4.78, 5) is 23.4. The van der Waals surface area contributed by atoms with Crippen LogP contribution in [0.4, 0.5) is 0 Å². The quantitative estimate of drug-likeness (QED) is 0.386. The first-order valence-corrected chi connectivity index (χ1v) is 10.0. The van der Waals surface area contributed by atoms with Crippen LogP contribution in [0.2, 0.25) is 0 Å². The maximum atomic E-state index is 12.1. The number of aryl methyl sites for hydroxylation is 1. The molecule has 3 rings (SSSR count). The molecule has 152 valence electrons. The topological polar surface area (TPSA) is 76.7 Å². The lowest BCUT2D eigenvalue weighted by molar-refractivity contribution is -0.144. The Morgan fingerprint density at radius 1 is 1.10 bits per heavy atom. The van der Waals surface area contributed by atoms with Gasteiger partial charge in [-0.2, -0.15) is 0 Å². The van der Waals surface area contributed by atoms with Gasteiger partial charge < -0.3 is 14.3 Å². The molecule has 1 heterocycles. The fourth-order valence-corrected chi connectivity index (χ4v) is 3.38. The average Bonchev–Trinajstić information content (AvgIpc) is 2.71. The van der Waals surface area contributed by atoms with Gasteiger partial charge in [0.1, 0.15) is 11.3 Å². The average molecular weight is 394 g/mol. The number of carboxylic acid groups (broad SMARTS) is 1. The number of carbonyl (C=O) groups is 1. The van der Waals surface area contributed by atoms with Crippen molar-refractivity contribution in [2.75, 3.05) is 0 Å². The summed E-state index contributed by atoms with van der Waals surface area (Å²) >= 11 is 0. The zero-order valence-corrected chi connectivity index (χ0v) is 16.8. The predicted octanol–water partition coefficient (Wildman–Crippen LogP) is 5.43. The third-order valence-electron chi connectivity index (χ3n) is 4.96. The number of unbranched alkanes of at least 4 members (excludes halogenated alkanes) is 3. The van der Waals surface area contributed by atoms with Crippen LogP contribution >= 0.6 is 0 Å². The van der Waals surface area contributed by atoms with E-state index in [0.29, 0.717) is 11.3 Å². The summed E-state index contributed by atoms with van der Waals surface area (Å²) in [6, 6.07) is 14.8. The number of hydrogen-bond acceptors (Lipinski definition) is 4. The molecule has 0 saturated heterocycles. The normalized spacial score (nSPS) is 12.1. The number of benzene rings is 2. The highest BCUT2D eigenvalue weighted by Crippen LogP contribution is 2.33. The fourth-order valence-electron chi connectivity index (χ4n) is 3.38. The first-order valence-electron chi connectivity index (χ1n) is 10.0. The molecule has 0 spiro atoms. The lowest BCUT2D eigenvalue weighted by Gasteiger charge is -2.16. The van der Waals surface area contributed by atoms with Crippen molar-refractivity contribution in [3.63, 3.8) is 0 Å². The van der Waals surface area contributed by atoms with Gasteiger partial charge in [-0.3, -0.25) is 0 Å². The minimum absolute atomic E-state index is 0.390. The van der Waals surface area contributed by atoms with E-state index in [4.69, 9.17) is 9.15 Å². The Labute approximate surface area is 169 Å². The minimum atomic E-state index is -1.04. The minimum Gasteiger partial charge on any atom is -0.479 e. The first kappa shape index (κ1) is 20.6. The molecule has 5 nitrogen and oxygen atoms in total. The molecule has 0 aliphatic carbocycles. The Morgan fingerprint density at radius 3 is 2.55 bits per heavy atom. The van der Waals surface area contributed by atoms with Crippen molar-refractivity contribution >= 4 is 16.9 Å². The van der Waals surface area contributed by atoms with Gasteiger partial charge in [0.05, 0.1) is 0 Å². The lowest BCUT2D eigenvalue weighted by atomic mass is 9.98. The van der Waals surface area contributed by atoms with Crippen molar-refractivity contribution in [2.24, 2.45) is 0 Å². The van der Waals surface area contributed by atoms with E-state index in [1.54, 1.807) is 6.07 Å². The Hall–Kier alpha value is -3.08. The highest BCUT2D eigenvalue weighted by molar-refractivity contribution is 5.94. The van der Waals surface area contributed by atoms with Gasteiger partial charge >= 0.3 is 11.6 Å². The largest absolute Gasteiger partial charge is 0.479 e. The predicted molar refractivity (Wildman–Crippen MR) is 113 cm³/mol. The number of aliphatic carboxylic acids is 1. The van der Waals surface area contributed by atoms with Crippen LogP contribution in [0.25, 0.3) is 22.1 Å². The SMILES string of the molecule is CCCCCCc1cc2c(-c3ccccc3)cc(=O)oc2cc1OC(C)C(=O)O. The van der Waals surface area contributed by atoms with Gasteiger partial charge in [-0.25, -0.2) is 9.59 Å². The summed E-state index contributed by atoms with van der Waals surface area (Å²) in [5, 5.41) is 10.0. The Bertz CT molecular complexity index is 1040. The molecule has 0 aliphatic heterocycles. The Balaban J connectivity index is 2.11. The van der Waals surface area contributed by atoms with Crippen LogP contribution in [0.3, 0.4) is 0 Å². The van der Waals surface area contributed by atoms with Gasteiger partial charge in [0.15, 0.2) is 6.10 Å². The molecule has 3 aromatic rings. The molecule has 0 saturated carbocycles. The van der Waals surface area contributed by atoms with Crippen LogP contribution < -0.4 is 10.4 Å². The molecule has 29 heavy (non-hydrogen) atoms. The maximum absolute atomic E-state index is 12.1. The highest BCUT2D eigenvalue weighted by atomic mass is 16.5. The number of carboxylic acids is 1. The molecule has 0 amide bonds. The van der Waals surface area contributed by atoms with Gasteiger partial charge in [0, 0.05) is 17.5 Å². The molecule has 0 aliphatic rings. The van der Waals surface area contributed by atoms with Crippen molar-refractivity contribution in [3.8, 4) is 16.9 Å². The van der Waals surface area contributed by atoms with Crippen molar-refractivity contribution in [3.05, 3.63) is 64.5 Å². The summed E-state index contributed by atoms with van der Waals surface area (Å²) in [5.74, 6) is -0.584. The number of hydrogen-bond donors (Lipinski definition) is 1. The highest BCUT2D eigenvalue weighted by Gasteiger charge is 2.18. The molecule has 0 fully saturated rings. The number of ether oxygens (including phenoxy) is 1. The van der Waals surface area contributed by atoms with Gasteiger partial charge in [-0.1, -0.05) is 56.5 Å². The standard InChI is InChI=1S/C24H26O5/c1-3-4-5-7-12-18-13-20-19(17-10-8-6-9-11-17)14-23(25)29-22(20)15-21(18)28-16(2)24(26)27/h6,8-11,13-16H,3-5,7,12H2,1-2H3,(H,26,27). The molecule has 2 aromatic carbocycles. The van der Waals surface area contributed by atoms with Gasteiger partial charge in [-0.05, 0) is 42.5 Å². The third-order valence-corrected chi connectivity index (χ3v) is 4.96. The van der Waals surface area contributed by atoms with Gasteiger partial charge in [0.2, 0.25) is 0 Å². The van der Waals surface area contributed by atoms with Crippen LogP contribution in [-0.4, -0.2) is 17.2 Å². The van der Waals surface area contributed by atoms with Crippen molar-refractivity contribution in [1.29, 1.82) is 0 Å². The van der Waals surface area contributed by atoms with E-state index >= 15 is 0 Å². The fraction of sp³-hybridized carbons (Fsp3) is 0.333. The van der Waals surface area contributed by atoms with E-state index < -0.39 is 17.7 Å². The molecule has 1 atom stereocenters. The second-order valence-corrected chi connectivity index (χ2v) is 7.21. The zero-order valence-electron chi connectivity index (χ0n) is 16.8. The van der Waals surface area contributed by atoms with E-state index in [1.807, 2.05) is 36.4 Å². The molecule has 1 unspecified atom stereocenters. The second-order valence-electron chi connectivity index (χ2n) is 7.21. The molecule has 5 heteroatoms. The monoisotopic (exact) mass is 394 g/mol. The summed E-state index contributed by atoms with van der Waals surface area (Å²) < 4.78 is 11.1. The lowest BCUT2D eigenvalue weighted by Crippen LogP contribution is -2.23. The van der Waals surface area contributed by atoms with Crippen molar-refractivity contribution in [1.82, 2.24) is 0 Å². The molecular formula is C24H26O5. The van der Waals surface area contributed by atoms with E-state index in [2.05, 4.69) is 6.92 Å². The van der Waals surface area contributed by atoms with Crippen LogP contribution in [0.5, 0.6) is 5.75 Å². The van der Waals surface area contributed by atoms with Crippen molar-refractivity contribution < 1.29 is 19.1 Å². The van der Waals surface area contributed by atoms with E-state index in [-0.39, 0.29) is 0 Å². The summed E-state index contributed by atoms with van der Waals surface area (Å²) in [7, 11) is 0. The van der Waals surface area contributed by atoms with E-state index in [0.717, 1.165) is 54.2 Å². The van der Waals surface area contributed by atoms with Gasteiger partial charge in [-0.15, -0.1) is 0 Å². The molecular weight excluding hydrogens is 368 g/mol. The Kier molecular flexibility index (Phi) is 6.70. The smallest absolute Gasteiger partial charge is 0.344 e. The number of fused-ring (bicyclic) bond motifs is 1.